The molecule has 0 amide bonds. The summed E-state index contributed by atoms with van der Waals surface area (Å²) in [4.78, 5) is 7.81. The van der Waals surface area contributed by atoms with Gasteiger partial charge in [0.05, 0.1) is 18.1 Å². The van der Waals surface area contributed by atoms with E-state index in [0.29, 0.717) is 12.5 Å². The van der Waals surface area contributed by atoms with E-state index in [1.807, 2.05) is 36.4 Å². The van der Waals surface area contributed by atoms with Crippen LogP contribution in [0.5, 0.6) is 11.5 Å². The number of methoxy groups -OCH3 is 1. The standard InChI is InChI=1S/C18H20N2O2/c1-12(2)14-6-4-5-7-17(14)22-11-18-19-15-9-8-13(21-3)10-16(15)20-18/h4-10,12H,11H2,1-3H3,(H,19,20). The van der Waals surface area contributed by atoms with Crippen LogP contribution in [0.4, 0.5) is 0 Å². The number of para-hydroxylation sites is 1. The molecular weight excluding hydrogens is 276 g/mol. The number of aromatic nitrogens is 2. The van der Waals surface area contributed by atoms with Crippen LogP contribution < -0.4 is 9.47 Å². The quantitative estimate of drug-likeness (QED) is 0.764. The minimum absolute atomic E-state index is 0.417. The summed E-state index contributed by atoms with van der Waals surface area (Å²) >= 11 is 0. The number of aromatic amines is 1. The molecule has 0 aliphatic heterocycles. The molecule has 0 saturated heterocycles. The fraction of sp³-hybridized carbons (Fsp3) is 0.278. The van der Waals surface area contributed by atoms with Crippen molar-refractivity contribution in [1.29, 1.82) is 0 Å². The molecule has 0 saturated carbocycles. The van der Waals surface area contributed by atoms with E-state index in [1.165, 1.54) is 5.56 Å². The van der Waals surface area contributed by atoms with Crippen molar-refractivity contribution in [2.45, 2.75) is 26.4 Å². The molecule has 1 aromatic heterocycles. The maximum atomic E-state index is 5.95. The lowest BCUT2D eigenvalue weighted by atomic mass is 10.0. The Labute approximate surface area is 130 Å². The molecule has 0 aliphatic carbocycles. The number of nitrogens with one attached hydrogen (secondary N) is 1. The van der Waals surface area contributed by atoms with Gasteiger partial charge in [0, 0.05) is 6.07 Å². The van der Waals surface area contributed by atoms with E-state index in [4.69, 9.17) is 9.47 Å². The van der Waals surface area contributed by atoms with Crippen molar-refractivity contribution in [3.63, 3.8) is 0 Å². The van der Waals surface area contributed by atoms with Crippen LogP contribution in [0.1, 0.15) is 31.2 Å². The highest BCUT2D eigenvalue weighted by Crippen LogP contribution is 2.26. The van der Waals surface area contributed by atoms with Crippen LogP contribution in [0, 0.1) is 0 Å². The lowest BCUT2D eigenvalue weighted by Crippen LogP contribution is -2.01. The van der Waals surface area contributed by atoms with Gasteiger partial charge in [-0.2, -0.15) is 0 Å². The predicted octanol–water partition coefficient (Wildman–Crippen LogP) is 4.27. The van der Waals surface area contributed by atoms with Crippen molar-refractivity contribution in [2.24, 2.45) is 0 Å². The number of fused-ring (bicyclic) bond motifs is 1. The third-order valence-corrected chi connectivity index (χ3v) is 3.64. The first-order valence-corrected chi connectivity index (χ1v) is 7.41. The molecule has 0 aliphatic rings. The number of imidazole rings is 1. The van der Waals surface area contributed by atoms with E-state index in [2.05, 4.69) is 29.9 Å². The van der Waals surface area contributed by atoms with Crippen molar-refractivity contribution < 1.29 is 9.47 Å². The summed E-state index contributed by atoms with van der Waals surface area (Å²) in [5.74, 6) is 2.96. The number of hydrogen-bond acceptors (Lipinski definition) is 3. The first-order chi connectivity index (χ1) is 10.7. The van der Waals surface area contributed by atoms with Crippen LogP contribution in [-0.2, 0) is 6.61 Å². The third-order valence-electron chi connectivity index (χ3n) is 3.64. The minimum atomic E-state index is 0.417. The molecule has 0 unspecified atom stereocenters. The van der Waals surface area contributed by atoms with Gasteiger partial charge in [0.2, 0.25) is 0 Å². The van der Waals surface area contributed by atoms with Crippen LogP contribution in [0.15, 0.2) is 42.5 Å². The molecule has 3 rings (SSSR count). The Hall–Kier alpha value is -2.49. The molecule has 2 aromatic carbocycles. The first-order valence-electron chi connectivity index (χ1n) is 7.41. The van der Waals surface area contributed by atoms with Gasteiger partial charge in [0.15, 0.2) is 0 Å². The predicted molar refractivity (Wildman–Crippen MR) is 87.5 cm³/mol. The van der Waals surface area contributed by atoms with E-state index in [9.17, 15) is 0 Å². The summed E-state index contributed by atoms with van der Waals surface area (Å²) < 4.78 is 11.2. The summed E-state index contributed by atoms with van der Waals surface area (Å²) in [6.45, 7) is 4.74. The second-order valence-corrected chi connectivity index (χ2v) is 5.55. The number of H-pyrrole nitrogens is 1. The van der Waals surface area contributed by atoms with Gasteiger partial charge in [0.1, 0.15) is 23.9 Å². The summed E-state index contributed by atoms with van der Waals surface area (Å²) in [5.41, 5.74) is 3.08. The van der Waals surface area contributed by atoms with Crippen LogP contribution in [0.2, 0.25) is 0 Å². The highest BCUT2D eigenvalue weighted by atomic mass is 16.5. The van der Waals surface area contributed by atoms with Gasteiger partial charge in [0.25, 0.3) is 0 Å². The third kappa shape index (κ3) is 2.91. The Morgan fingerprint density at radius 2 is 1.95 bits per heavy atom. The lowest BCUT2D eigenvalue weighted by molar-refractivity contribution is 0.293. The summed E-state index contributed by atoms with van der Waals surface area (Å²) in [6.07, 6.45) is 0. The number of nitrogens with zero attached hydrogens (tertiary/aromatic N) is 1. The van der Waals surface area contributed by atoms with Crippen LogP contribution in [0.3, 0.4) is 0 Å². The van der Waals surface area contributed by atoms with Crippen molar-refractivity contribution in [2.75, 3.05) is 7.11 Å². The van der Waals surface area contributed by atoms with E-state index in [0.717, 1.165) is 28.4 Å². The van der Waals surface area contributed by atoms with Crippen LogP contribution in [-0.4, -0.2) is 17.1 Å². The molecule has 114 valence electrons. The second kappa shape index (κ2) is 6.10. The van der Waals surface area contributed by atoms with Crippen molar-refractivity contribution in [3.8, 4) is 11.5 Å². The largest absolute Gasteiger partial charge is 0.497 e. The Kier molecular flexibility index (Phi) is 4.00. The first kappa shape index (κ1) is 14.4. The Balaban J connectivity index is 1.79. The lowest BCUT2D eigenvalue weighted by Gasteiger charge is -2.12. The number of ether oxygens (including phenoxy) is 2. The molecule has 4 heteroatoms. The van der Waals surface area contributed by atoms with Crippen molar-refractivity contribution >= 4 is 11.0 Å². The molecule has 0 bridgehead atoms. The fourth-order valence-electron chi connectivity index (χ4n) is 2.47. The molecule has 0 radical (unpaired) electrons. The van der Waals surface area contributed by atoms with Gasteiger partial charge in [-0.3, -0.25) is 0 Å². The van der Waals surface area contributed by atoms with Crippen LogP contribution >= 0.6 is 0 Å². The SMILES string of the molecule is COc1ccc2nc(COc3ccccc3C(C)C)[nH]c2c1. The smallest absolute Gasteiger partial charge is 0.146 e. The van der Waals surface area contributed by atoms with E-state index < -0.39 is 0 Å². The van der Waals surface area contributed by atoms with E-state index >= 15 is 0 Å². The molecule has 3 aromatic rings. The van der Waals surface area contributed by atoms with Gasteiger partial charge in [-0.1, -0.05) is 32.0 Å². The Morgan fingerprint density at radius 3 is 2.73 bits per heavy atom. The Morgan fingerprint density at radius 1 is 1.14 bits per heavy atom. The average molecular weight is 296 g/mol. The second-order valence-electron chi connectivity index (χ2n) is 5.55. The summed E-state index contributed by atoms with van der Waals surface area (Å²) in [5, 5.41) is 0. The molecule has 22 heavy (non-hydrogen) atoms. The van der Waals surface area contributed by atoms with Gasteiger partial charge >= 0.3 is 0 Å². The molecule has 1 N–H and O–H groups in total. The van der Waals surface area contributed by atoms with Gasteiger partial charge in [-0.05, 0) is 29.7 Å². The normalized spacial score (nSPS) is 11.1. The maximum Gasteiger partial charge on any atom is 0.146 e. The maximum absolute atomic E-state index is 5.95. The van der Waals surface area contributed by atoms with Gasteiger partial charge in [-0.25, -0.2) is 4.98 Å². The van der Waals surface area contributed by atoms with E-state index in [-0.39, 0.29) is 0 Å². The number of rotatable bonds is 5. The summed E-state index contributed by atoms with van der Waals surface area (Å²) in [7, 11) is 1.66. The number of hydrogen-bond donors (Lipinski definition) is 1. The topological polar surface area (TPSA) is 47.1 Å². The number of benzene rings is 2. The average Bonchev–Trinajstić information content (AvgIpc) is 2.94. The highest BCUT2D eigenvalue weighted by Gasteiger charge is 2.09. The molecule has 1 heterocycles. The summed E-state index contributed by atoms with van der Waals surface area (Å²) in [6, 6.07) is 13.9. The molecule has 0 fully saturated rings. The van der Waals surface area contributed by atoms with Crippen molar-refractivity contribution in [1.82, 2.24) is 9.97 Å². The molecule has 0 spiro atoms. The van der Waals surface area contributed by atoms with E-state index in [1.54, 1.807) is 7.11 Å². The Bertz CT molecular complexity index is 778. The van der Waals surface area contributed by atoms with Gasteiger partial charge in [-0.15, -0.1) is 0 Å². The monoisotopic (exact) mass is 296 g/mol. The molecule has 4 nitrogen and oxygen atoms in total. The zero-order chi connectivity index (χ0) is 15.5. The van der Waals surface area contributed by atoms with Crippen LogP contribution in [0.25, 0.3) is 11.0 Å². The zero-order valence-corrected chi connectivity index (χ0v) is 13.1. The molecule has 0 atom stereocenters. The zero-order valence-electron chi connectivity index (χ0n) is 13.1. The molecular formula is C18H20N2O2. The van der Waals surface area contributed by atoms with Crippen molar-refractivity contribution in [3.05, 3.63) is 53.9 Å². The van der Waals surface area contributed by atoms with Gasteiger partial charge < -0.3 is 14.5 Å². The fourth-order valence-corrected chi connectivity index (χ4v) is 2.47. The highest BCUT2D eigenvalue weighted by molar-refractivity contribution is 5.76. The minimum Gasteiger partial charge on any atom is -0.497 e.